The van der Waals surface area contributed by atoms with Gasteiger partial charge < -0.3 is 19.5 Å². The summed E-state index contributed by atoms with van der Waals surface area (Å²) in [6.07, 6.45) is 0. The number of hydrogen-bond donors (Lipinski definition) is 2. The molecule has 0 heterocycles. The molecule has 0 saturated carbocycles. The second kappa shape index (κ2) is 13.0. The fraction of sp³-hybridized carbons (Fsp3) is 0.138. The number of amides is 1. The fourth-order valence-corrected chi connectivity index (χ4v) is 6.42. The molecule has 0 aromatic heterocycles. The summed E-state index contributed by atoms with van der Waals surface area (Å²) in [6, 6.07) is 20.1. The second-order valence-electron chi connectivity index (χ2n) is 8.91. The van der Waals surface area contributed by atoms with E-state index in [4.69, 9.17) is 14.2 Å². The molecule has 1 amide bonds. The van der Waals surface area contributed by atoms with Crippen molar-refractivity contribution < 1.29 is 40.2 Å². The summed E-state index contributed by atoms with van der Waals surface area (Å²) in [4.78, 5) is 12.7. The minimum absolute atomic E-state index is 0.0953. The molecule has 0 saturated heterocycles. The highest BCUT2D eigenvalue weighted by Gasteiger charge is 2.27. The van der Waals surface area contributed by atoms with Crippen molar-refractivity contribution in [3.05, 3.63) is 96.8 Å². The lowest BCUT2D eigenvalue weighted by atomic mass is 10.3. The minimum atomic E-state index is -4.28. The molecule has 2 N–H and O–H groups in total. The highest BCUT2D eigenvalue weighted by Crippen LogP contribution is 2.31. The Kier molecular flexibility index (Phi) is 9.41. The van der Waals surface area contributed by atoms with Crippen LogP contribution in [-0.4, -0.2) is 50.6 Å². The van der Waals surface area contributed by atoms with E-state index in [1.165, 1.54) is 82.0 Å². The summed E-state index contributed by atoms with van der Waals surface area (Å²) in [5, 5.41) is 2.58. The van der Waals surface area contributed by atoms with Crippen molar-refractivity contribution in [2.75, 3.05) is 42.2 Å². The maximum absolute atomic E-state index is 13.5. The van der Waals surface area contributed by atoms with Crippen molar-refractivity contribution in [3.8, 4) is 17.2 Å². The van der Waals surface area contributed by atoms with Crippen molar-refractivity contribution >= 4 is 43.0 Å². The van der Waals surface area contributed by atoms with E-state index < -0.39 is 38.3 Å². The zero-order chi connectivity index (χ0) is 31.2. The van der Waals surface area contributed by atoms with Gasteiger partial charge in [0.25, 0.3) is 20.0 Å². The molecule has 0 spiro atoms. The molecule has 4 aromatic rings. The number of halogens is 1. The van der Waals surface area contributed by atoms with Gasteiger partial charge in [-0.3, -0.25) is 13.8 Å². The van der Waals surface area contributed by atoms with Gasteiger partial charge in [0.2, 0.25) is 5.91 Å². The van der Waals surface area contributed by atoms with Crippen molar-refractivity contribution in [2.24, 2.45) is 0 Å². The Hall–Kier alpha value is -4.82. The molecule has 0 atom stereocenters. The smallest absolute Gasteiger partial charge is 0.264 e. The highest BCUT2D eigenvalue weighted by molar-refractivity contribution is 7.93. The molecule has 14 heteroatoms. The lowest BCUT2D eigenvalue weighted by Gasteiger charge is -2.24. The van der Waals surface area contributed by atoms with Gasteiger partial charge in [0, 0.05) is 11.8 Å². The number of carbonyl (C=O) groups is 1. The molecule has 0 bridgehead atoms. The van der Waals surface area contributed by atoms with Gasteiger partial charge in [-0.1, -0.05) is 0 Å². The third kappa shape index (κ3) is 7.34. The highest BCUT2D eigenvalue weighted by atomic mass is 32.2. The molecule has 0 aliphatic carbocycles. The molecule has 4 rings (SSSR count). The number of hydrogen-bond acceptors (Lipinski definition) is 8. The summed E-state index contributed by atoms with van der Waals surface area (Å²) >= 11 is 0. The maximum atomic E-state index is 13.5. The van der Waals surface area contributed by atoms with E-state index >= 15 is 0 Å². The van der Waals surface area contributed by atoms with Gasteiger partial charge in [0.15, 0.2) is 0 Å². The van der Waals surface area contributed by atoms with Crippen LogP contribution in [0.4, 0.5) is 21.5 Å². The van der Waals surface area contributed by atoms with Crippen molar-refractivity contribution in [1.29, 1.82) is 0 Å². The van der Waals surface area contributed by atoms with Crippen LogP contribution in [-0.2, 0) is 24.8 Å². The Balaban J connectivity index is 1.53. The van der Waals surface area contributed by atoms with Crippen LogP contribution in [0.2, 0.25) is 0 Å². The molecule has 43 heavy (non-hydrogen) atoms. The van der Waals surface area contributed by atoms with Gasteiger partial charge in [0.1, 0.15) is 29.6 Å². The third-order valence-corrected chi connectivity index (χ3v) is 9.32. The van der Waals surface area contributed by atoms with Gasteiger partial charge >= 0.3 is 0 Å². The number of ether oxygens (including phenoxy) is 3. The Morgan fingerprint density at radius 2 is 1.33 bits per heavy atom. The van der Waals surface area contributed by atoms with E-state index in [0.29, 0.717) is 11.5 Å². The lowest BCUT2D eigenvalue weighted by Crippen LogP contribution is -2.38. The van der Waals surface area contributed by atoms with Gasteiger partial charge in [-0.2, -0.15) is 0 Å². The average molecular weight is 630 g/mol. The predicted octanol–water partition coefficient (Wildman–Crippen LogP) is 4.49. The first-order chi connectivity index (χ1) is 20.5. The summed E-state index contributed by atoms with van der Waals surface area (Å²) < 4.78 is 85.2. The number of nitrogens with one attached hydrogen (secondary N) is 2. The number of benzene rings is 4. The standard InChI is InChI=1S/C29H28FN3O8S2/c1-39-23-10-8-22(9-11-23)33(43(37,38)26-13-4-20(30)5-14-26)19-29(34)31-21-6-15-25(16-7-21)42(35,36)32-27-17-12-24(40-2)18-28(27)41-3/h4-18,32H,19H2,1-3H3,(H,31,34). The molecule has 4 aromatic carbocycles. The molecule has 0 fully saturated rings. The van der Waals surface area contributed by atoms with Crippen LogP contribution in [0.1, 0.15) is 0 Å². The molecule has 0 aliphatic rings. The Morgan fingerprint density at radius 1 is 0.744 bits per heavy atom. The first-order valence-corrected chi connectivity index (χ1v) is 15.5. The van der Waals surface area contributed by atoms with E-state index in [0.717, 1.165) is 28.6 Å². The van der Waals surface area contributed by atoms with Crippen molar-refractivity contribution in [1.82, 2.24) is 0 Å². The van der Waals surface area contributed by atoms with Crippen LogP contribution in [0, 0.1) is 5.82 Å². The van der Waals surface area contributed by atoms with Gasteiger partial charge in [-0.05, 0) is 84.9 Å². The summed E-state index contributed by atoms with van der Waals surface area (Å²) in [6.45, 7) is -0.634. The minimum Gasteiger partial charge on any atom is -0.497 e. The number of sulfonamides is 2. The second-order valence-corrected chi connectivity index (χ2v) is 12.5. The number of carbonyl (C=O) groups excluding carboxylic acids is 1. The summed E-state index contributed by atoms with van der Waals surface area (Å²) in [5.41, 5.74) is 0.586. The molecule has 0 unspecified atom stereocenters. The van der Waals surface area contributed by atoms with E-state index in [2.05, 4.69) is 10.0 Å². The van der Waals surface area contributed by atoms with Crippen LogP contribution in [0.25, 0.3) is 0 Å². The molecule has 226 valence electrons. The molecule has 0 radical (unpaired) electrons. The first-order valence-electron chi connectivity index (χ1n) is 12.5. The zero-order valence-corrected chi connectivity index (χ0v) is 24.9. The zero-order valence-electron chi connectivity index (χ0n) is 23.3. The molecule has 0 aliphatic heterocycles. The Bertz CT molecular complexity index is 1800. The van der Waals surface area contributed by atoms with Crippen molar-refractivity contribution in [3.63, 3.8) is 0 Å². The largest absolute Gasteiger partial charge is 0.497 e. The lowest BCUT2D eigenvalue weighted by molar-refractivity contribution is -0.114. The van der Waals surface area contributed by atoms with Crippen molar-refractivity contribution in [2.45, 2.75) is 9.79 Å². The van der Waals surface area contributed by atoms with E-state index in [9.17, 15) is 26.0 Å². The van der Waals surface area contributed by atoms with Crippen LogP contribution >= 0.6 is 0 Å². The molecular formula is C29H28FN3O8S2. The van der Waals surface area contributed by atoms with E-state index in [1.807, 2.05) is 0 Å². The predicted molar refractivity (Wildman–Crippen MR) is 159 cm³/mol. The van der Waals surface area contributed by atoms with Gasteiger partial charge in [-0.15, -0.1) is 0 Å². The number of rotatable bonds is 12. The van der Waals surface area contributed by atoms with Crippen LogP contribution in [0.3, 0.4) is 0 Å². The first kappa shape index (κ1) is 31.1. The van der Waals surface area contributed by atoms with Crippen LogP contribution < -0.4 is 28.6 Å². The maximum Gasteiger partial charge on any atom is 0.264 e. The summed E-state index contributed by atoms with van der Waals surface area (Å²) in [5.74, 6) is -0.114. The number of nitrogens with zero attached hydrogens (tertiary/aromatic N) is 1. The topological polar surface area (TPSA) is 140 Å². The summed E-state index contributed by atoms with van der Waals surface area (Å²) in [7, 11) is -4.00. The molecule has 11 nitrogen and oxygen atoms in total. The Morgan fingerprint density at radius 3 is 1.91 bits per heavy atom. The normalized spacial score (nSPS) is 11.3. The number of anilines is 3. The fourth-order valence-electron chi connectivity index (χ4n) is 3.93. The monoisotopic (exact) mass is 629 g/mol. The van der Waals surface area contributed by atoms with Gasteiger partial charge in [0.05, 0.1) is 42.5 Å². The quantitative estimate of drug-likeness (QED) is 0.234. The number of methoxy groups -OCH3 is 3. The van der Waals surface area contributed by atoms with Crippen LogP contribution in [0.5, 0.6) is 17.2 Å². The Labute approximate surface area is 248 Å². The molecular weight excluding hydrogens is 601 g/mol. The third-order valence-electron chi connectivity index (χ3n) is 6.15. The SMILES string of the molecule is COc1ccc(N(CC(=O)Nc2ccc(S(=O)(=O)Nc3ccc(OC)cc3OC)cc2)S(=O)(=O)c2ccc(F)cc2)cc1. The van der Waals surface area contributed by atoms with Crippen LogP contribution in [0.15, 0.2) is 101 Å². The van der Waals surface area contributed by atoms with E-state index in [-0.39, 0.29) is 32.6 Å². The van der Waals surface area contributed by atoms with Gasteiger partial charge in [-0.25, -0.2) is 21.2 Å². The van der Waals surface area contributed by atoms with E-state index in [1.54, 1.807) is 6.07 Å². The average Bonchev–Trinajstić information content (AvgIpc) is 3.00.